The molecule has 2 fully saturated rings. The van der Waals surface area contributed by atoms with E-state index < -0.39 is 0 Å². The van der Waals surface area contributed by atoms with Crippen LogP contribution in [0.3, 0.4) is 0 Å². The van der Waals surface area contributed by atoms with Gasteiger partial charge in [-0.1, -0.05) is 18.2 Å². The van der Waals surface area contributed by atoms with Gasteiger partial charge in [0.25, 0.3) is 0 Å². The molecule has 22 heavy (non-hydrogen) atoms. The predicted molar refractivity (Wildman–Crippen MR) is 84.2 cm³/mol. The van der Waals surface area contributed by atoms with Crippen LogP contribution in [0, 0.1) is 0 Å². The van der Waals surface area contributed by atoms with Crippen LogP contribution in [-0.2, 0) is 14.9 Å². The van der Waals surface area contributed by atoms with Crippen LogP contribution in [0.2, 0.25) is 0 Å². The zero-order chi connectivity index (χ0) is 15.4. The van der Waals surface area contributed by atoms with Gasteiger partial charge in [-0.25, -0.2) is 0 Å². The molecular weight excluding hydrogens is 280 g/mol. The molecule has 1 aliphatic carbocycles. The highest BCUT2D eigenvalue weighted by Gasteiger charge is 2.46. The van der Waals surface area contributed by atoms with Crippen molar-refractivity contribution < 1.29 is 14.3 Å². The van der Waals surface area contributed by atoms with Crippen LogP contribution < -0.4 is 10.1 Å². The second-order valence-corrected chi connectivity index (χ2v) is 6.15. The van der Waals surface area contributed by atoms with Crippen molar-refractivity contribution in [1.29, 1.82) is 0 Å². The third-order valence-corrected chi connectivity index (χ3v) is 4.63. The molecule has 3 rings (SSSR count). The fraction of sp³-hybridized carbons (Fsp3) is 0.588. The first-order chi connectivity index (χ1) is 10.7. The zero-order valence-corrected chi connectivity index (χ0v) is 13.1. The van der Waals surface area contributed by atoms with Crippen LogP contribution in [-0.4, -0.2) is 57.3 Å². The lowest BCUT2D eigenvalue weighted by Gasteiger charge is -2.26. The molecule has 1 aromatic rings. The molecule has 0 atom stereocenters. The first kappa shape index (κ1) is 15.3. The minimum atomic E-state index is 0.0628. The molecule has 0 bridgehead atoms. The van der Waals surface area contributed by atoms with E-state index in [9.17, 15) is 4.79 Å². The van der Waals surface area contributed by atoms with Gasteiger partial charge in [0, 0.05) is 30.6 Å². The average Bonchev–Trinajstić information content (AvgIpc) is 3.35. The van der Waals surface area contributed by atoms with Crippen molar-refractivity contribution in [2.75, 3.05) is 46.5 Å². The summed E-state index contributed by atoms with van der Waals surface area (Å²) >= 11 is 0. The van der Waals surface area contributed by atoms with Crippen LogP contribution in [0.1, 0.15) is 18.4 Å². The van der Waals surface area contributed by atoms with Crippen molar-refractivity contribution in [3.63, 3.8) is 0 Å². The molecule has 0 aromatic heterocycles. The van der Waals surface area contributed by atoms with E-state index in [1.165, 1.54) is 5.56 Å². The Labute approximate surface area is 131 Å². The monoisotopic (exact) mass is 304 g/mol. The van der Waals surface area contributed by atoms with E-state index in [-0.39, 0.29) is 11.3 Å². The van der Waals surface area contributed by atoms with Gasteiger partial charge in [0.1, 0.15) is 5.75 Å². The number of benzene rings is 1. The highest BCUT2D eigenvalue weighted by Crippen LogP contribution is 2.50. The summed E-state index contributed by atoms with van der Waals surface area (Å²) in [6.07, 6.45) is 2.20. The summed E-state index contributed by atoms with van der Waals surface area (Å²) in [7, 11) is 1.70. The second-order valence-electron chi connectivity index (χ2n) is 6.15. The van der Waals surface area contributed by atoms with E-state index in [0.717, 1.165) is 44.9 Å². The molecule has 0 radical (unpaired) electrons. The van der Waals surface area contributed by atoms with Crippen molar-refractivity contribution in [2.45, 2.75) is 18.3 Å². The summed E-state index contributed by atoms with van der Waals surface area (Å²) in [5.41, 5.74) is 1.27. The number of hydrogen-bond acceptors (Lipinski definition) is 4. The van der Waals surface area contributed by atoms with Gasteiger partial charge in [-0.05, 0) is 18.9 Å². The van der Waals surface area contributed by atoms with Crippen LogP contribution in [0.25, 0.3) is 0 Å². The molecule has 0 spiro atoms. The number of hydrogen-bond donors (Lipinski definition) is 1. The van der Waals surface area contributed by atoms with Gasteiger partial charge in [0.05, 0.1) is 26.9 Å². The van der Waals surface area contributed by atoms with Crippen molar-refractivity contribution in [2.24, 2.45) is 0 Å². The molecule has 1 amide bonds. The number of methoxy groups -OCH3 is 1. The topological polar surface area (TPSA) is 50.8 Å². The van der Waals surface area contributed by atoms with Gasteiger partial charge in [-0.2, -0.15) is 0 Å². The third kappa shape index (κ3) is 3.42. The number of nitrogens with zero attached hydrogens (tertiary/aromatic N) is 1. The molecule has 1 N–H and O–H groups in total. The second kappa shape index (κ2) is 6.67. The number of rotatable bonds is 6. The molecule has 1 heterocycles. The summed E-state index contributed by atoms with van der Waals surface area (Å²) in [4.78, 5) is 14.3. The molecule has 0 unspecified atom stereocenters. The highest BCUT2D eigenvalue weighted by atomic mass is 16.5. The highest BCUT2D eigenvalue weighted by molar-refractivity contribution is 5.78. The van der Waals surface area contributed by atoms with Gasteiger partial charge >= 0.3 is 0 Å². The Morgan fingerprint density at radius 3 is 2.73 bits per heavy atom. The van der Waals surface area contributed by atoms with Crippen molar-refractivity contribution in [3.05, 3.63) is 29.8 Å². The normalized spacial score (nSPS) is 20.4. The van der Waals surface area contributed by atoms with Crippen LogP contribution in [0.4, 0.5) is 0 Å². The Kier molecular flexibility index (Phi) is 4.64. The molecule has 5 nitrogen and oxygen atoms in total. The molecule has 1 aliphatic heterocycles. The maximum Gasteiger partial charge on any atom is 0.234 e. The largest absolute Gasteiger partial charge is 0.496 e. The number of ether oxygens (including phenoxy) is 2. The molecule has 1 aromatic carbocycles. The van der Waals surface area contributed by atoms with Crippen molar-refractivity contribution in [1.82, 2.24) is 10.2 Å². The summed E-state index contributed by atoms with van der Waals surface area (Å²) < 4.78 is 10.8. The number of amides is 1. The fourth-order valence-corrected chi connectivity index (χ4v) is 3.06. The standard InChI is InChI=1S/C17H24N2O3/c1-21-15-5-3-2-4-14(15)17(6-7-17)13-18-16(20)12-19-8-10-22-11-9-19/h2-5H,6-13H2,1H3,(H,18,20). The average molecular weight is 304 g/mol. The Hall–Kier alpha value is -1.59. The lowest BCUT2D eigenvalue weighted by Crippen LogP contribution is -2.44. The lowest BCUT2D eigenvalue weighted by atomic mass is 9.95. The van der Waals surface area contributed by atoms with Crippen LogP contribution in [0.15, 0.2) is 24.3 Å². The fourth-order valence-electron chi connectivity index (χ4n) is 3.06. The van der Waals surface area contributed by atoms with Crippen molar-refractivity contribution in [3.8, 4) is 5.75 Å². The van der Waals surface area contributed by atoms with Gasteiger partial charge in [0.2, 0.25) is 5.91 Å². The van der Waals surface area contributed by atoms with Crippen LogP contribution in [0.5, 0.6) is 5.75 Å². The van der Waals surface area contributed by atoms with E-state index in [1.807, 2.05) is 18.2 Å². The molecular formula is C17H24N2O3. The first-order valence-electron chi connectivity index (χ1n) is 7.94. The third-order valence-electron chi connectivity index (χ3n) is 4.63. The van der Waals surface area contributed by atoms with Gasteiger partial charge in [-0.3, -0.25) is 9.69 Å². The Morgan fingerprint density at radius 1 is 1.32 bits per heavy atom. The summed E-state index contributed by atoms with van der Waals surface area (Å²) in [5.74, 6) is 1.02. The zero-order valence-electron chi connectivity index (χ0n) is 13.1. The summed E-state index contributed by atoms with van der Waals surface area (Å²) in [6.45, 7) is 4.27. The predicted octanol–water partition coefficient (Wildman–Crippen LogP) is 1.18. The van der Waals surface area contributed by atoms with Gasteiger partial charge in [0.15, 0.2) is 0 Å². The molecule has 1 saturated carbocycles. The van der Waals surface area contributed by atoms with E-state index >= 15 is 0 Å². The minimum absolute atomic E-state index is 0.0628. The van der Waals surface area contributed by atoms with Crippen molar-refractivity contribution >= 4 is 5.91 Å². The Morgan fingerprint density at radius 2 is 2.05 bits per heavy atom. The number of carbonyl (C=O) groups excluding carboxylic acids is 1. The van der Waals surface area contributed by atoms with Gasteiger partial charge < -0.3 is 14.8 Å². The van der Waals surface area contributed by atoms with E-state index in [0.29, 0.717) is 13.1 Å². The number of carbonyl (C=O) groups is 1. The number of morpholine rings is 1. The quantitative estimate of drug-likeness (QED) is 0.857. The first-order valence-corrected chi connectivity index (χ1v) is 7.94. The Bertz CT molecular complexity index is 522. The summed E-state index contributed by atoms with van der Waals surface area (Å²) in [6, 6.07) is 8.12. The smallest absolute Gasteiger partial charge is 0.234 e. The molecule has 120 valence electrons. The minimum Gasteiger partial charge on any atom is -0.496 e. The maximum atomic E-state index is 12.1. The van der Waals surface area contributed by atoms with E-state index in [1.54, 1.807) is 7.11 Å². The van der Waals surface area contributed by atoms with E-state index in [2.05, 4.69) is 16.3 Å². The number of nitrogens with one attached hydrogen (secondary N) is 1. The lowest BCUT2D eigenvalue weighted by molar-refractivity contribution is -0.123. The molecule has 2 aliphatic rings. The SMILES string of the molecule is COc1ccccc1C1(CNC(=O)CN2CCOCC2)CC1. The number of para-hydroxylation sites is 1. The summed E-state index contributed by atoms with van der Waals surface area (Å²) in [5, 5.41) is 3.11. The van der Waals surface area contributed by atoms with Gasteiger partial charge in [-0.15, -0.1) is 0 Å². The Balaban J connectivity index is 1.55. The maximum absolute atomic E-state index is 12.1. The molecule has 5 heteroatoms. The van der Waals surface area contributed by atoms with Crippen LogP contribution >= 0.6 is 0 Å². The van der Waals surface area contributed by atoms with E-state index in [4.69, 9.17) is 9.47 Å². The molecule has 1 saturated heterocycles.